The molecular weight excluding hydrogens is 252 g/mol. The zero-order chi connectivity index (χ0) is 13.3. The molecule has 2 rings (SSSR count). The molecule has 5 nitrogen and oxygen atoms in total. The maximum absolute atomic E-state index is 11.8. The van der Waals surface area contributed by atoms with E-state index < -0.39 is 10.0 Å². The largest absolute Gasteiger partial charge is 0.347 e. The molecule has 0 atom stereocenters. The maximum atomic E-state index is 11.8. The summed E-state index contributed by atoms with van der Waals surface area (Å²) in [6.45, 7) is 2.88. The molecule has 1 N–H and O–H groups in total. The quantitative estimate of drug-likeness (QED) is 0.882. The van der Waals surface area contributed by atoms with Gasteiger partial charge in [0.05, 0.1) is 6.26 Å². The highest BCUT2D eigenvalue weighted by Gasteiger charge is 2.22. The number of carbonyl (C=O) groups excluding carboxylic acids is 1. The van der Waals surface area contributed by atoms with Crippen molar-refractivity contribution >= 4 is 15.8 Å². The molecule has 1 heterocycles. The number of carbonyl (C=O) groups is 1. The second-order valence-electron chi connectivity index (χ2n) is 4.74. The van der Waals surface area contributed by atoms with Gasteiger partial charge in [0.2, 0.25) is 10.0 Å². The molecule has 1 aromatic heterocycles. The summed E-state index contributed by atoms with van der Waals surface area (Å²) in [6.07, 6.45) is 3.55. The fraction of sp³-hybridized carbons (Fsp3) is 0.583. The standard InChI is InChI=1S/C12H18N2O3S/c1-9-8-10-11(4-3-5-12(10)15)14(9)7-6-13-18(2,16)17/h8,13H,3-7H2,1-2H3. The summed E-state index contributed by atoms with van der Waals surface area (Å²) < 4.78 is 26.5. The maximum Gasteiger partial charge on any atom is 0.208 e. The van der Waals surface area contributed by atoms with Crippen LogP contribution in [0.25, 0.3) is 0 Å². The molecular formula is C12H18N2O3S. The van der Waals surface area contributed by atoms with Gasteiger partial charge in [0.15, 0.2) is 5.78 Å². The van der Waals surface area contributed by atoms with Crippen molar-refractivity contribution in [2.75, 3.05) is 12.8 Å². The van der Waals surface area contributed by atoms with Crippen LogP contribution in [0.15, 0.2) is 6.07 Å². The van der Waals surface area contributed by atoms with Crippen LogP contribution < -0.4 is 4.72 Å². The number of ketones is 1. The van der Waals surface area contributed by atoms with Gasteiger partial charge in [-0.3, -0.25) is 4.79 Å². The first-order chi connectivity index (χ1) is 8.38. The Balaban J connectivity index is 2.16. The third kappa shape index (κ3) is 2.81. The van der Waals surface area contributed by atoms with Gasteiger partial charge >= 0.3 is 0 Å². The Hall–Kier alpha value is -1.14. The number of sulfonamides is 1. The number of aryl methyl sites for hydroxylation is 1. The van der Waals surface area contributed by atoms with E-state index in [2.05, 4.69) is 4.72 Å². The molecule has 0 aromatic carbocycles. The molecule has 0 radical (unpaired) electrons. The number of hydrogen-bond acceptors (Lipinski definition) is 3. The average Bonchev–Trinajstić information content (AvgIpc) is 2.56. The Morgan fingerprint density at radius 2 is 2.11 bits per heavy atom. The number of nitrogens with zero attached hydrogens (tertiary/aromatic N) is 1. The van der Waals surface area contributed by atoms with Gasteiger partial charge in [-0.1, -0.05) is 0 Å². The minimum Gasteiger partial charge on any atom is -0.347 e. The summed E-state index contributed by atoms with van der Waals surface area (Å²) in [5.74, 6) is 0.203. The van der Waals surface area contributed by atoms with Crippen LogP contribution in [0, 0.1) is 6.92 Å². The first-order valence-electron chi connectivity index (χ1n) is 6.05. The SMILES string of the molecule is Cc1cc2c(n1CCNS(C)(=O)=O)CCCC2=O. The lowest BCUT2D eigenvalue weighted by Gasteiger charge is -2.16. The van der Waals surface area contributed by atoms with Crippen molar-refractivity contribution < 1.29 is 13.2 Å². The Morgan fingerprint density at radius 3 is 2.78 bits per heavy atom. The van der Waals surface area contributed by atoms with E-state index in [-0.39, 0.29) is 5.78 Å². The van der Waals surface area contributed by atoms with Gasteiger partial charge in [-0.05, 0) is 25.8 Å². The van der Waals surface area contributed by atoms with E-state index in [1.54, 1.807) is 0 Å². The molecule has 1 aromatic rings. The zero-order valence-corrected chi connectivity index (χ0v) is 11.5. The topological polar surface area (TPSA) is 68.2 Å². The number of rotatable bonds is 4. The van der Waals surface area contributed by atoms with Crippen LogP contribution in [-0.4, -0.2) is 31.6 Å². The highest BCUT2D eigenvalue weighted by molar-refractivity contribution is 7.88. The summed E-state index contributed by atoms with van der Waals surface area (Å²) in [5.41, 5.74) is 2.89. The van der Waals surface area contributed by atoms with Crippen molar-refractivity contribution in [1.29, 1.82) is 0 Å². The number of aromatic nitrogens is 1. The molecule has 0 unspecified atom stereocenters. The fourth-order valence-electron chi connectivity index (χ4n) is 2.44. The highest BCUT2D eigenvalue weighted by Crippen LogP contribution is 2.24. The molecule has 0 saturated heterocycles. The third-order valence-corrected chi connectivity index (χ3v) is 3.96. The zero-order valence-electron chi connectivity index (χ0n) is 10.7. The molecule has 0 bridgehead atoms. The number of hydrogen-bond donors (Lipinski definition) is 1. The first-order valence-corrected chi connectivity index (χ1v) is 7.94. The van der Waals surface area contributed by atoms with E-state index in [1.807, 2.05) is 17.6 Å². The van der Waals surface area contributed by atoms with Crippen molar-refractivity contribution in [2.45, 2.75) is 32.7 Å². The molecule has 0 saturated carbocycles. The predicted molar refractivity (Wildman–Crippen MR) is 69.3 cm³/mol. The molecule has 0 fully saturated rings. The van der Waals surface area contributed by atoms with Gasteiger partial charge in [0.25, 0.3) is 0 Å². The monoisotopic (exact) mass is 270 g/mol. The number of nitrogens with one attached hydrogen (secondary N) is 1. The van der Waals surface area contributed by atoms with E-state index in [0.29, 0.717) is 19.5 Å². The number of fused-ring (bicyclic) bond motifs is 1. The van der Waals surface area contributed by atoms with Crippen molar-refractivity contribution in [3.05, 3.63) is 23.0 Å². The molecule has 1 aliphatic rings. The summed E-state index contributed by atoms with van der Waals surface area (Å²) in [4.78, 5) is 11.8. The third-order valence-electron chi connectivity index (χ3n) is 3.23. The van der Waals surface area contributed by atoms with E-state index in [1.165, 1.54) is 0 Å². The number of Topliss-reactive ketones (excluding diaryl/α,β-unsaturated/α-hetero) is 1. The van der Waals surface area contributed by atoms with Gasteiger partial charge in [-0.15, -0.1) is 0 Å². The lowest BCUT2D eigenvalue weighted by molar-refractivity contribution is 0.0971. The molecule has 0 amide bonds. The second kappa shape index (κ2) is 4.85. The highest BCUT2D eigenvalue weighted by atomic mass is 32.2. The average molecular weight is 270 g/mol. The van der Waals surface area contributed by atoms with Crippen molar-refractivity contribution in [3.8, 4) is 0 Å². The van der Waals surface area contributed by atoms with Gasteiger partial charge in [-0.2, -0.15) is 0 Å². The summed E-state index contributed by atoms with van der Waals surface area (Å²) >= 11 is 0. The van der Waals surface area contributed by atoms with Gasteiger partial charge < -0.3 is 4.57 Å². The molecule has 0 aliphatic heterocycles. The van der Waals surface area contributed by atoms with E-state index in [9.17, 15) is 13.2 Å². The van der Waals surface area contributed by atoms with Gasteiger partial charge in [0, 0.05) is 36.5 Å². The Kier molecular flexibility index (Phi) is 3.59. The van der Waals surface area contributed by atoms with Crippen LogP contribution in [0.3, 0.4) is 0 Å². The Bertz CT molecular complexity index is 572. The summed E-state index contributed by atoms with van der Waals surface area (Å²) in [5, 5.41) is 0. The van der Waals surface area contributed by atoms with Crippen molar-refractivity contribution in [1.82, 2.24) is 9.29 Å². The van der Waals surface area contributed by atoms with Crippen LogP contribution in [-0.2, 0) is 23.0 Å². The van der Waals surface area contributed by atoms with Crippen LogP contribution in [0.4, 0.5) is 0 Å². The lowest BCUT2D eigenvalue weighted by atomic mass is 9.97. The van der Waals surface area contributed by atoms with Crippen LogP contribution >= 0.6 is 0 Å². The fourth-order valence-corrected chi connectivity index (χ4v) is 2.91. The predicted octanol–water partition coefficient (Wildman–Crippen LogP) is 0.865. The Morgan fingerprint density at radius 1 is 1.39 bits per heavy atom. The summed E-state index contributed by atoms with van der Waals surface area (Å²) in [7, 11) is -3.15. The van der Waals surface area contributed by atoms with Crippen LogP contribution in [0.5, 0.6) is 0 Å². The summed E-state index contributed by atoms with van der Waals surface area (Å²) in [6, 6.07) is 1.91. The van der Waals surface area contributed by atoms with Gasteiger partial charge in [-0.25, -0.2) is 13.1 Å². The molecule has 0 spiro atoms. The second-order valence-corrected chi connectivity index (χ2v) is 6.57. The molecule has 18 heavy (non-hydrogen) atoms. The van der Waals surface area contributed by atoms with E-state index >= 15 is 0 Å². The molecule has 1 aliphatic carbocycles. The van der Waals surface area contributed by atoms with Crippen LogP contribution in [0.1, 0.15) is 34.6 Å². The van der Waals surface area contributed by atoms with Crippen molar-refractivity contribution in [3.63, 3.8) is 0 Å². The first kappa shape index (κ1) is 13.3. The normalized spacial score (nSPS) is 15.8. The lowest BCUT2D eigenvalue weighted by Crippen LogP contribution is -2.27. The van der Waals surface area contributed by atoms with E-state index in [4.69, 9.17) is 0 Å². The van der Waals surface area contributed by atoms with Crippen molar-refractivity contribution in [2.24, 2.45) is 0 Å². The van der Waals surface area contributed by atoms with Crippen LogP contribution in [0.2, 0.25) is 0 Å². The smallest absolute Gasteiger partial charge is 0.208 e. The van der Waals surface area contributed by atoms with Gasteiger partial charge in [0.1, 0.15) is 0 Å². The Labute approximate surface area is 107 Å². The van der Waals surface area contributed by atoms with E-state index in [0.717, 1.165) is 36.0 Å². The molecule has 100 valence electrons. The minimum atomic E-state index is -3.15. The molecule has 6 heteroatoms. The minimum absolute atomic E-state index is 0.203.